The fourth-order valence-corrected chi connectivity index (χ4v) is 2.76. The lowest BCUT2D eigenvalue weighted by Crippen LogP contribution is -2.06. The van der Waals surface area contributed by atoms with Crippen molar-refractivity contribution in [1.29, 1.82) is 0 Å². The molecule has 7 nitrogen and oxygen atoms in total. The highest BCUT2D eigenvalue weighted by atomic mass is 79.9. The number of benzene rings is 1. The number of rotatable bonds is 6. The van der Waals surface area contributed by atoms with Gasteiger partial charge in [0.05, 0.1) is 16.5 Å². The van der Waals surface area contributed by atoms with Gasteiger partial charge < -0.3 is 14.8 Å². The second-order valence-corrected chi connectivity index (χ2v) is 5.74. The molecule has 2 N–H and O–H groups in total. The molecule has 3 rings (SSSR count). The van der Waals surface area contributed by atoms with E-state index in [2.05, 4.69) is 41.4 Å². The minimum atomic E-state index is -0.487. The molecule has 3 aromatic rings. The van der Waals surface area contributed by atoms with Crippen molar-refractivity contribution >= 4 is 32.9 Å². The number of ether oxygens (including phenoxy) is 2. The predicted molar refractivity (Wildman–Crippen MR) is 91.7 cm³/mol. The van der Waals surface area contributed by atoms with Gasteiger partial charge in [-0.2, -0.15) is 10.1 Å². The van der Waals surface area contributed by atoms with Crippen molar-refractivity contribution < 1.29 is 13.9 Å². The van der Waals surface area contributed by atoms with E-state index in [1.807, 2.05) is 0 Å². The summed E-state index contributed by atoms with van der Waals surface area (Å²) >= 11 is 3.34. The number of halogens is 2. The van der Waals surface area contributed by atoms with Crippen LogP contribution in [0.3, 0.4) is 0 Å². The molecule has 9 heteroatoms. The van der Waals surface area contributed by atoms with Gasteiger partial charge in [-0.3, -0.25) is 5.10 Å². The predicted octanol–water partition coefficient (Wildman–Crippen LogP) is 2.99. The average molecular weight is 396 g/mol. The summed E-state index contributed by atoms with van der Waals surface area (Å²) in [4.78, 5) is 8.44. The van der Waals surface area contributed by atoms with Crippen LogP contribution in [0.5, 0.6) is 5.75 Å². The zero-order valence-electron chi connectivity index (χ0n) is 13.1. The normalized spacial score (nSPS) is 11.0. The highest BCUT2D eigenvalue weighted by Gasteiger charge is 2.16. The molecule has 0 spiro atoms. The molecule has 2 heterocycles. The minimum absolute atomic E-state index is 0.143. The van der Waals surface area contributed by atoms with Crippen LogP contribution in [-0.2, 0) is 4.74 Å². The minimum Gasteiger partial charge on any atom is -0.487 e. The van der Waals surface area contributed by atoms with Crippen LogP contribution < -0.4 is 10.1 Å². The standard InChI is InChI=1S/C15H15BrFN5O2/c1-18-15-19-7-9-12(21-22-14(9)20-15)8-5-10(16)13(11(17)6-8)24-4-3-23-2/h5-7H,3-4H2,1-2H3,(H2,18,19,20,21,22). The number of hydrogen-bond acceptors (Lipinski definition) is 6. The maximum atomic E-state index is 14.4. The Morgan fingerprint density at radius 3 is 2.88 bits per heavy atom. The number of nitrogens with one attached hydrogen (secondary N) is 2. The first-order valence-corrected chi connectivity index (χ1v) is 7.93. The molecule has 0 fully saturated rings. The fourth-order valence-electron chi connectivity index (χ4n) is 2.21. The van der Waals surface area contributed by atoms with Crippen LogP contribution in [0.2, 0.25) is 0 Å². The van der Waals surface area contributed by atoms with E-state index in [-0.39, 0.29) is 12.4 Å². The van der Waals surface area contributed by atoms with Crippen molar-refractivity contribution in [2.45, 2.75) is 0 Å². The van der Waals surface area contributed by atoms with Crippen molar-refractivity contribution in [2.75, 3.05) is 32.7 Å². The summed E-state index contributed by atoms with van der Waals surface area (Å²) in [5.41, 5.74) is 1.72. The monoisotopic (exact) mass is 395 g/mol. The van der Waals surface area contributed by atoms with Gasteiger partial charge >= 0.3 is 0 Å². The molecule has 0 saturated carbocycles. The van der Waals surface area contributed by atoms with Gasteiger partial charge in [-0.15, -0.1) is 0 Å². The lowest BCUT2D eigenvalue weighted by molar-refractivity contribution is 0.143. The highest BCUT2D eigenvalue weighted by Crippen LogP contribution is 2.35. The number of fused-ring (bicyclic) bond motifs is 1. The largest absolute Gasteiger partial charge is 0.487 e. The van der Waals surface area contributed by atoms with Gasteiger partial charge in [0.2, 0.25) is 5.95 Å². The molecule has 0 aliphatic heterocycles. The number of aromatic amines is 1. The maximum Gasteiger partial charge on any atom is 0.224 e. The van der Waals surface area contributed by atoms with Gasteiger partial charge in [0, 0.05) is 25.9 Å². The van der Waals surface area contributed by atoms with Crippen molar-refractivity contribution in [2.24, 2.45) is 0 Å². The van der Waals surface area contributed by atoms with Crippen LogP contribution in [0.1, 0.15) is 0 Å². The van der Waals surface area contributed by atoms with Gasteiger partial charge in [-0.05, 0) is 28.1 Å². The van der Waals surface area contributed by atoms with E-state index in [0.29, 0.717) is 39.3 Å². The van der Waals surface area contributed by atoms with Crippen molar-refractivity contribution in [3.05, 3.63) is 28.6 Å². The van der Waals surface area contributed by atoms with E-state index in [9.17, 15) is 4.39 Å². The third kappa shape index (κ3) is 3.17. The summed E-state index contributed by atoms with van der Waals surface area (Å²) in [5.74, 6) is 0.135. The van der Waals surface area contributed by atoms with Crippen molar-refractivity contribution in [3.63, 3.8) is 0 Å². The molecule has 0 atom stereocenters. The summed E-state index contributed by atoms with van der Waals surface area (Å²) < 4.78 is 25.2. The second kappa shape index (κ2) is 7.10. The van der Waals surface area contributed by atoms with E-state index >= 15 is 0 Å². The summed E-state index contributed by atoms with van der Waals surface area (Å²) in [6, 6.07) is 3.11. The molecule has 1 aromatic carbocycles. The third-order valence-electron chi connectivity index (χ3n) is 3.35. The Morgan fingerprint density at radius 2 is 2.17 bits per heavy atom. The van der Waals surface area contributed by atoms with Crippen molar-refractivity contribution in [3.8, 4) is 17.0 Å². The number of nitrogens with zero attached hydrogens (tertiary/aromatic N) is 3. The summed E-state index contributed by atoms with van der Waals surface area (Å²) in [6.07, 6.45) is 1.64. The van der Waals surface area contributed by atoms with Gasteiger partial charge in [0.1, 0.15) is 12.3 Å². The lowest BCUT2D eigenvalue weighted by atomic mass is 10.1. The first-order valence-electron chi connectivity index (χ1n) is 7.14. The first-order chi connectivity index (χ1) is 11.6. The highest BCUT2D eigenvalue weighted by molar-refractivity contribution is 9.10. The Bertz CT molecular complexity index is 847. The summed E-state index contributed by atoms with van der Waals surface area (Å²) in [5, 5.41) is 10.6. The van der Waals surface area contributed by atoms with Crippen molar-refractivity contribution in [1.82, 2.24) is 20.2 Å². The number of methoxy groups -OCH3 is 1. The number of H-pyrrole nitrogens is 1. The zero-order chi connectivity index (χ0) is 17.1. The first kappa shape index (κ1) is 16.6. The van der Waals surface area contributed by atoms with E-state index in [0.717, 1.165) is 0 Å². The quantitative estimate of drug-likeness (QED) is 0.624. The molecule has 0 aliphatic rings. The van der Waals surface area contributed by atoms with E-state index in [4.69, 9.17) is 9.47 Å². The van der Waals surface area contributed by atoms with Crippen LogP contribution >= 0.6 is 15.9 Å². The van der Waals surface area contributed by atoms with E-state index in [1.54, 1.807) is 26.4 Å². The summed E-state index contributed by atoms with van der Waals surface area (Å²) in [6.45, 7) is 0.639. The maximum absolute atomic E-state index is 14.4. The Labute approximate surface area is 145 Å². The van der Waals surface area contributed by atoms with Gasteiger partial charge in [0.15, 0.2) is 17.2 Å². The van der Waals surface area contributed by atoms with Crippen LogP contribution in [0.15, 0.2) is 22.8 Å². The van der Waals surface area contributed by atoms with Gasteiger partial charge in [0.25, 0.3) is 0 Å². The average Bonchev–Trinajstić information content (AvgIpc) is 3.00. The number of anilines is 1. The Morgan fingerprint density at radius 1 is 1.33 bits per heavy atom. The zero-order valence-corrected chi connectivity index (χ0v) is 14.6. The van der Waals surface area contributed by atoms with Crippen LogP contribution in [0.4, 0.5) is 10.3 Å². The van der Waals surface area contributed by atoms with E-state index in [1.165, 1.54) is 6.07 Å². The fraction of sp³-hybridized carbons (Fsp3) is 0.267. The smallest absolute Gasteiger partial charge is 0.224 e. The SMILES string of the molecule is CNc1ncc2c(-c3cc(F)c(OCCOC)c(Br)c3)n[nH]c2n1. The molecular formula is C15H15BrFN5O2. The molecule has 0 amide bonds. The Balaban J connectivity index is 1.98. The van der Waals surface area contributed by atoms with Gasteiger partial charge in [-0.25, -0.2) is 9.37 Å². The molecule has 24 heavy (non-hydrogen) atoms. The summed E-state index contributed by atoms with van der Waals surface area (Å²) in [7, 11) is 3.29. The molecule has 0 saturated heterocycles. The Hall–Kier alpha value is -2.26. The molecule has 0 bridgehead atoms. The van der Waals surface area contributed by atoms with E-state index < -0.39 is 5.82 Å². The molecule has 0 radical (unpaired) electrons. The molecule has 2 aromatic heterocycles. The number of hydrogen-bond donors (Lipinski definition) is 2. The van der Waals surface area contributed by atoms with Crippen LogP contribution in [-0.4, -0.2) is 47.5 Å². The van der Waals surface area contributed by atoms with Crippen LogP contribution in [0.25, 0.3) is 22.3 Å². The Kier molecular flexibility index (Phi) is 4.91. The number of aromatic nitrogens is 4. The molecule has 0 aliphatic carbocycles. The second-order valence-electron chi connectivity index (χ2n) is 4.89. The van der Waals surface area contributed by atoms with Gasteiger partial charge in [-0.1, -0.05) is 0 Å². The third-order valence-corrected chi connectivity index (χ3v) is 3.94. The lowest BCUT2D eigenvalue weighted by Gasteiger charge is -2.10. The topological polar surface area (TPSA) is 85.0 Å². The molecular weight excluding hydrogens is 381 g/mol. The molecule has 126 valence electrons. The molecule has 0 unspecified atom stereocenters. The van der Waals surface area contributed by atoms with Crippen LogP contribution in [0, 0.1) is 5.82 Å².